The summed E-state index contributed by atoms with van der Waals surface area (Å²) in [4.78, 5) is 10.6. The predicted octanol–water partition coefficient (Wildman–Crippen LogP) is 11.2. The molecule has 0 aliphatic carbocycles. The molecule has 0 bridgehead atoms. The van der Waals surface area contributed by atoms with Gasteiger partial charge in [-0.3, -0.25) is 4.98 Å². The summed E-state index contributed by atoms with van der Waals surface area (Å²) in [5, 5.41) is 11.5. The van der Waals surface area contributed by atoms with E-state index in [9.17, 15) is 0 Å². The number of hydrogen-bond acceptors (Lipinski definition) is 3. The summed E-state index contributed by atoms with van der Waals surface area (Å²) < 4.78 is 15.4. The topological polar surface area (TPSA) is 42.9 Å². The van der Waals surface area contributed by atoms with Crippen LogP contribution in [-0.4, -0.2) is 9.97 Å². The fraction of sp³-hybridized carbons (Fsp3) is 0. The van der Waals surface area contributed by atoms with E-state index >= 15 is 4.57 Å². The van der Waals surface area contributed by atoms with Crippen molar-refractivity contribution in [1.29, 1.82) is 0 Å². The van der Waals surface area contributed by atoms with Gasteiger partial charge in [0.15, 0.2) is 7.14 Å². The summed E-state index contributed by atoms with van der Waals surface area (Å²) in [5.41, 5.74) is 5.74. The van der Waals surface area contributed by atoms with Crippen molar-refractivity contribution >= 4 is 77.2 Å². The van der Waals surface area contributed by atoms with E-state index in [1.807, 2.05) is 91.1 Å². The van der Waals surface area contributed by atoms with Crippen molar-refractivity contribution in [3.05, 3.63) is 188 Å². The summed E-state index contributed by atoms with van der Waals surface area (Å²) in [6, 6.07) is 62.2. The molecule has 0 aliphatic heterocycles. The maximum Gasteiger partial charge on any atom is 0.171 e. The molecule has 0 fully saturated rings. The second kappa shape index (κ2) is 12.1. The van der Waals surface area contributed by atoms with Gasteiger partial charge < -0.3 is 4.57 Å². The fourth-order valence-electron chi connectivity index (χ4n) is 8.02. The zero-order valence-electron chi connectivity index (χ0n) is 28.1. The van der Waals surface area contributed by atoms with Gasteiger partial charge in [-0.1, -0.05) is 164 Å². The molecule has 3 nitrogen and oxygen atoms in total. The Hall–Kier alpha value is -6.41. The number of nitrogens with zero attached hydrogens (tertiary/aromatic N) is 2. The summed E-state index contributed by atoms with van der Waals surface area (Å²) in [6.07, 6.45) is 1.88. The van der Waals surface area contributed by atoms with Crippen LogP contribution < -0.4 is 15.9 Å². The summed E-state index contributed by atoms with van der Waals surface area (Å²) >= 11 is 0. The van der Waals surface area contributed by atoms with Gasteiger partial charge in [-0.05, 0) is 50.9 Å². The maximum atomic E-state index is 15.4. The van der Waals surface area contributed by atoms with Crippen molar-refractivity contribution in [2.75, 3.05) is 0 Å². The van der Waals surface area contributed by atoms with Gasteiger partial charge in [0.25, 0.3) is 0 Å². The Kier molecular flexibility index (Phi) is 7.09. The number of aromatic nitrogens is 2. The minimum atomic E-state index is -3.19. The second-order valence-corrected chi connectivity index (χ2v) is 16.0. The average Bonchev–Trinajstić information content (AvgIpc) is 3.23. The van der Waals surface area contributed by atoms with E-state index in [1.165, 1.54) is 21.5 Å². The van der Waals surface area contributed by atoms with Gasteiger partial charge >= 0.3 is 0 Å². The molecule has 52 heavy (non-hydrogen) atoms. The predicted molar refractivity (Wildman–Crippen MR) is 220 cm³/mol. The first-order chi connectivity index (χ1) is 25.7. The number of hydrogen-bond donors (Lipinski definition) is 0. The van der Waals surface area contributed by atoms with Crippen molar-refractivity contribution in [3.63, 3.8) is 0 Å². The summed E-state index contributed by atoms with van der Waals surface area (Å²) in [7, 11) is -3.19. The van der Waals surface area contributed by atoms with E-state index in [0.717, 1.165) is 70.9 Å². The molecule has 0 radical (unpaired) electrons. The minimum absolute atomic E-state index is 0.786. The van der Waals surface area contributed by atoms with Crippen LogP contribution in [-0.2, 0) is 4.57 Å². The van der Waals surface area contributed by atoms with Crippen molar-refractivity contribution in [2.45, 2.75) is 0 Å². The van der Waals surface area contributed by atoms with Crippen LogP contribution >= 0.6 is 7.14 Å². The van der Waals surface area contributed by atoms with Crippen LogP contribution in [0.25, 0.3) is 76.5 Å². The molecule has 244 valence electrons. The number of rotatable bonds is 5. The Morgan fingerprint density at radius 2 is 0.923 bits per heavy atom. The highest BCUT2D eigenvalue weighted by Gasteiger charge is 2.30. The number of benzene rings is 8. The highest BCUT2D eigenvalue weighted by Crippen LogP contribution is 2.47. The maximum absolute atomic E-state index is 15.4. The zero-order chi connectivity index (χ0) is 34.6. The molecule has 4 heteroatoms. The molecule has 0 unspecified atom stereocenters. The van der Waals surface area contributed by atoms with Crippen LogP contribution in [0.5, 0.6) is 0 Å². The first kappa shape index (κ1) is 30.4. The van der Waals surface area contributed by atoms with Crippen LogP contribution in [0.1, 0.15) is 0 Å². The first-order valence-corrected chi connectivity index (χ1v) is 19.2. The zero-order valence-corrected chi connectivity index (χ0v) is 29.0. The van der Waals surface area contributed by atoms with Gasteiger partial charge in [0.1, 0.15) is 0 Å². The van der Waals surface area contributed by atoms with E-state index in [4.69, 9.17) is 9.97 Å². The lowest BCUT2D eigenvalue weighted by molar-refractivity contribution is 0.592. The largest absolute Gasteiger partial charge is 0.309 e. The standard InChI is InChI=1S/C48H31N2OP/c51-52(34-19-6-2-7-20-34,35-21-8-3-9-22-35)36-23-14-18-33(30-36)42-31-43-46(48-41(42)28-15-29-49-48)44-39-26-12-10-24-37(39)38-25-11-13-27-40(38)45(44)47(50-43)32-16-4-1-5-17-32/h1-31H. The Morgan fingerprint density at radius 1 is 0.404 bits per heavy atom. The third kappa shape index (κ3) is 4.64. The van der Waals surface area contributed by atoms with E-state index < -0.39 is 7.14 Å². The Labute approximate surface area is 301 Å². The monoisotopic (exact) mass is 682 g/mol. The second-order valence-electron chi connectivity index (χ2n) is 13.2. The normalized spacial score (nSPS) is 11.9. The third-order valence-electron chi connectivity index (χ3n) is 10.3. The third-order valence-corrected chi connectivity index (χ3v) is 13.4. The van der Waals surface area contributed by atoms with E-state index in [-0.39, 0.29) is 0 Å². The van der Waals surface area contributed by atoms with Crippen LogP contribution in [0.2, 0.25) is 0 Å². The van der Waals surface area contributed by atoms with Gasteiger partial charge in [-0.25, -0.2) is 4.98 Å². The lowest BCUT2D eigenvalue weighted by Gasteiger charge is -2.21. The molecule has 0 saturated heterocycles. The van der Waals surface area contributed by atoms with E-state index in [0.29, 0.717) is 0 Å². The lowest BCUT2D eigenvalue weighted by atomic mass is 9.88. The molecule has 0 saturated carbocycles. The van der Waals surface area contributed by atoms with Crippen LogP contribution in [0.15, 0.2) is 188 Å². The molecule has 8 aromatic carbocycles. The quantitative estimate of drug-likeness (QED) is 0.134. The minimum Gasteiger partial charge on any atom is -0.309 e. The van der Waals surface area contributed by atoms with Crippen LogP contribution in [0.3, 0.4) is 0 Å². The lowest BCUT2D eigenvalue weighted by Crippen LogP contribution is -2.25. The van der Waals surface area contributed by atoms with Crippen LogP contribution in [0, 0.1) is 0 Å². The molecule has 10 rings (SSSR count). The molecule has 2 aromatic heterocycles. The molecule has 0 atom stereocenters. The van der Waals surface area contributed by atoms with E-state index in [2.05, 4.69) is 97.1 Å². The van der Waals surface area contributed by atoms with E-state index in [1.54, 1.807) is 0 Å². The van der Waals surface area contributed by atoms with Crippen molar-refractivity contribution in [2.24, 2.45) is 0 Å². The van der Waals surface area contributed by atoms with Gasteiger partial charge in [-0.15, -0.1) is 0 Å². The molecular weight excluding hydrogens is 652 g/mol. The highest BCUT2D eigenvalue weighted by atomic mass is 31.2. The molecule has 0 amide bonds. The van der Waals surface area contributed by atoms with Crippen molar-refractivity contribution < 1.29 is 4.57 Å². The van der Waals surface area contributed by atoms with Gasteiger partial charge in [0.05, 0.1) is 16.7 Å². The fourth-order valence-corrected chi connectivity index (χ4v) is 10.7. The van der Waals surface area contributed by atoms with Gasteiger partial charge in [0.2, 0.25) is 0 Å². The molecule has 10 aromatic rings. The highest BCUT2D eigenvalue weighted by molar-refractivity contribution is 7.85. The van der Waals surface area contributed by atoms with Crippen molar-refractivity contribution in [3.8, 4) is 22.4 Å². The molecule has 0 aliphatic rings. The van der Waals surface area contributed by atoms with Crippen LogP contribution in [0.4, 0.5) is 0 Å². The smallest absolute Gasteiger partial charge is 0.171 e. The van der Waals surface area contributed by atoms with Gasteiger partial charge in [0, 0.05) is 49.2 Å². The number of pyridine rings is 2. The Morgan fingerprint density at radius 3 is 1.58 bits per heavy atom. The Bertz CT molecular complexity index is 2990. The molecule has 0 spiro atoms. The first-order valence-electron chi connectivity index (χ1n) is 17.5. The SMILES string of the molecule is O=P(c1ccccc1)(c1ccccc1)c1cccc(-c2cc3nc(-c4ccccc4)c4c5ccccc5c5ccccc5c4c3c3ncccc23)c1. The van der Waals surface area contributed by atoms with Gasteiger partial charge in [-0.2, -0.15) is 0 Å². The molecule has 0 N–H and O–H groups in total. The summed E-state index contributed by atoms with van der Waals surface area (Å²) in [5.74, 6) is 0. The molecular formula is C48H31N2OP. The average molecular weight is 683 g/mol. The molecule has 2 heterocycles. The number of fused-ring (bicyclic) bond motifs is 10. The summed E-state index contributed by atoms with van der Waals surface area (Å²) in [6.45, 7) is 0. The Balaban J connectivity index is 1.33. The van der Waals surface area contributed by atoms with Crippen molar-refractivity contribution in [1.82, 2.24) is 9.97 Å².